The fraction of sp³-hybridized carbons (Fsp3) is 0.120. The highest BCUT2D eigenvalue weighted by Crippen LogP contribution is 2.34. The lowest BCUT2D eigenvalue weighted by Gasteiger charge is -2.11. The summed E-state index contributed by atoms with van der Waals surface area (Å²) in [6, 6.07) is 22.7. The zero-order valence-electron chi connectivity index (χ0n) is 17.7. The van der Waals surface area contributed by atoms with Crippen LogP contribution in [0.25, 0.3) is 10.6 Å². The molecule has 0 aliphatic carbocycles. The first-order valence-electron chi connectivity index (χ1n) is 9.92. The van der Waals surface area contributed by atoms with Crippen molar-refractivity contribution in [1.82, 2.24) is 4.98 Å². The van der Waals surface area contributed by atoms with Gasteiger partial charge in [0.2, 0.25) is 0 Å². The van der Waals surface area contributed by atoms with Gasteiger partial charge in [-0.25, -0.2) is 4.98 Å². The summed E-state index contributed by atoms with van der Waals surface area (Å²) in [5.74, 6) is 1.71. The number of ether oxygens (including phenoxy) is 3. The fourth-order valence-electron chi connectivity index (χ4n) is 3.04. The van der Waals surface area contributed by atoms with E-state index in [4.69, 9.17) is 14.2 Å². The summed E-state index contributed by atoms with van der Waals surface area (Å²) in [5, 5.41) is 5.30. The van der Waals surface area contributed by atoms with Crippen molar-refractivity contribution in [2.24, 2.45) is 0 Å². The highest BCUT2D eigenvalue weighted by molar-refractivity contribution is 7.13. The number of hydrogen-bond donors (Lipinski definition) is 1. The van der Waals surface area contributed by atoms with Gasteiger partial charge < -0.3 is 19.5 Å². The summed E-state index contributed by atoms with van der Waals surface area (Å²) in [4.78, 5) is 17.1. The van der Waals surface area contributed by atoms with Crippen LogP contribution in [0.2, 0.25) is 0 Å². The number of nitrogens with zero attached hydrogens (tertiary/aromatic N) is 1. The van der Waals surface area contributed by atoms with Gasteiger partial charge in [-0.15, -0.1) is 11.3 Å². The molecule has 3 aromatic carbocycles. The van der Waals surface area contributed by atoms with Gasteiger partial charge in [0.15, 0.2) is 11.5 Å². The molecule has 0 saturated heterocycles. The predicted octanol–water partition coefficient (Wildman–Crippen LogP) is 5.66. The third-order valence-electron chi connectivity index (χ3n) is 4.73. The third-order valence-corrected chi connectivity index (χ3v) is 5.62. The van der Waals surface area contributed by atoms with Gasteiger partial charge in [-0.3, -0.25) is 4.79 Å². The lowest BCUT2D eigenvalue weighted by atomic mass is 10.2. The second kappa shape index (κ2) is 9.98. The molecule has 1 heterocycles. The SMILES string of the molecule is COc1ccc(NC(=O)c2csc(-c3ccc(OCc4ccccc4)c(OC)c3)n2)cc1. The van der Waals surface area contributed by atoms with Crippen LogP contribution in [0.3, 0.4) is 0 Å². The predicted molar refractivity (Wildman–Crippen MR) is 126 cm³/mol. The van der Waals surface area contributed by atoms with Gasteiger partial charge in [0, 0.05) is 16.6 Å². The molecule has 6 nitrogen and oxygen atoms in total. The normalized spacial score (nSPS) is 10.4. The molecule has 0 radical (unpaired) electrons. The average Bonchev–Trinajstić information content (AvgIpc) is 3.34. The van der Waals surface area contributed by atoms with Crippen molar-refractivity contribution in [3.05, 3.63) is 89.4 Å². The average molecular weight is 447 g/mol. The van der Waals surface area contributed by atoms with Gasteiger partial charge in [-0.1, -0.05) is 30.3 Å². The van der Waals surface area contributed by atoms with Crippen LogP contribution in [-0.2, 0) is 6.61 Å². The first kappa shape index (κ1) is 21.4. The van der Waals surface area contributed by atoms with Gasteiger partial charge in [-0.2, -0.15) is 0 Å². The molecule has 0 bridgehead atoms. The molecule has 7 heteroatoms. The van der Waals surface area contributed by atoms with Crippen molar-refractivity contribution >= 4 is 22.9 Å². The van der Waals surface area contributed by atoms with E-state index in [1.165, 1.54) is 11.3 Å². The Morgan fingerprint density at radius 2 is 1.72 bits per heavy atom. The van der Waals surface area contributed by atoms with E-state index in [1.807, 2.05) is 48.5 Å². The van der Waals surface area contributed by atoms with E-state index in [0.717, 1.165) is 21.9 Å². The Hall–Kier alpha value is -3.84. The summed E-state index contributed by atoms with van der Waals surface area (Å²) in [5.41, 5.74) is 2.95. The number of carbonyl (C=O) groups is 1. The molecule has 0 aliphatic heterocycles. The molecule has 162 valence electrons. The largest absolute Gasteiger partial charge is 0.497 e. The van der Waals surface area contributed by atoms with Crippen molar-refractivity contribution in [2.75, 3.05) is 19.5 Å². The molecule has 0 unspecified atom stereocenters. The Labute approximate surface area is 190 Å². The number of amides is 1. The van der Waals surface area contributed by atoms with Gasteiger partial charge >= 0.3 is 0 Å². The van der Waals surface area contributed by atoms with Crippen LogP contribution in [-0.4, -0.2) is 25.1 Å². The van der Waals surface area contributed by atoms with E-state index >= 15 is 0 Å². The number of thiazole rings is 1. The molecular formula is C25H22N2O4S. The maximum Gasteiger partial charge on any atom is 0.275 e. The van der Waals surface area contributed by atoms with Crippen molar-refractivity contribution in [3.63, 3.8) is 0 Å². The molecule has 4 rings (SSSR count). The van der Waals surface area contributed by atoms with E-state index in [-0.39, 0.29) is 5.91 Å². The fourth-order valence-corrected chi connectivity index (χ4v) is 3.83. The Morgan fingerprint density at radius 1 is 0.938 bits per heavy atom. The lowest BCUT2D eigenvalue weighted by molar-refractivity contribution is 0.102. The van der Waals surface area contributed by atoms with Crippen LogP contribution in [0.15, 0.2) is 78.2 Å². The molecule has 0 fully saturated rings. The van der Waals surface area contributed by atoms with E-state index in [9.17, 15) is 4.79 Å². The van der Waals surface area contributed by atoms with Crippen molar-refractivity contribution in [3.8, 4) is 27.8 Å². The molecule has 4 aromatic rings. The monoisotopic (exact) mass is 446 g/mol. The minimum absolute atomic E-state index is 0.271. The van der Waals surface area contributed by atoms with E-state index in [1.54, 1.807) is 43.9 Å². The van der Waals surface area contributed by atoms with Gasteiger partial charge in [-0.05, 0) is 48.0 Å². The van der Waals surface area contributed by atoms with Crippen molar-refractivity contribution < 1.29 is 19.0 Å². The second-order valence-corrected chi connectivity index (χ2v) is 7.72. The number of nitrogens with one attached hydrogen (secondary N) is 1. The number of rotatable bonds is 8. The standard InChI is InChI=1S/C25H22N2O4S/c1-29-20-11-9-19(10-12-20)26-24(28)21-16-32-25(27-21)18-8-13-22(23(14-18)30-2)31-15-17-6-4-3-5-7-17/h3-14,16H,15H2,1-2H3,(H,26,28). The van der Waals surface area contributed by atoms with Crippen LogP contribution in [0.1, 0.15) is 16.1 Å². The highest BCUT2D eigenvalue weighted by atomic mass is 32.1. The van der Waals surface area contributed by atoms with E-state index < -0.39 is 0 Å². The topological polar surface area (TPSA) is 69.7 Å². The Kier molecular flexibility index (Phi) is 6.67. The van der Waals surface area contributed by atoms with Crippen LogP contribution >= 0.6 is 11.3 Å². The second-order valence-electron chi connectivity index (χ2n) is 6.86. The summed E-state index contributed by atoms with van der Waals surface area (Å²) in [6.45, 7) is 0.448. The molecule has 0 saturated carbocycles. The van der Waals surface area contributed by atoms with Gasteiger partial charge in [0.05, 0.1) is 14.2 Å². The highest BCUT2D eigenvalue weighted by Gasteiger charge is 2.14. The van der Waals surface area contributed by atoms with Crippen LogP contribution in [0, 0.1) is 0 Å². The van der Waals surface area contributed by atoms with E-state index in [0.29, 0.717) is 29.5 Å². The Morgan fingerprint density at radius 3 is 2.44 bits per heavy atom. The minimum atomic E-state index is -0.271. The maximum absolute atomic E-state index is 12.6. The number of methoxy groups -OCH3 is 2. The first-order valence-corrected chi connectivity index (χ1v) is 10.8. The molecule has 1 N–H and O–H groups in total. The van der Waals surface area contributed by atoms with Crippen LogP contribution < -0.4 is 19.5 Å². The smallest absolute Gasteiger partial charge is 0.275 e. The van der Waals surface area contributed by atoms with Crippen molar-refractivity contribution in [2.45, 2.75) is 6.61 Å². The summed E-state index contributed by atoms with van der Waals surface area (Å²) in [6.07, 6.45) is 0. The molecule has 0 spiro atoms. The Bertz CT molecular complexity index is 1190. The van der Waals surface area contributed by atoms with Crippen molar-refractivity contribution in [1.29, 1.82) is 0 Å². The summed E-state index contributed by atoms with van der Waals surface area (Å²) < 4.78 is 16.6. The molecule has 0 aliphatic rings. The molecule has 1 aromatic heterocycles. The molecular weight excluding hydrogens is 424 g/mol. The zero-order chi connectivity index (χ0) is 22.3. The number of anilines is 1. The minimum Gasteiger partial charge on any atom is -0.497 e. The van der Waals surface area contributed by atoms with E-state index in [2.05, 4.69) is 10.3 Å². The summed E-state index contributed by atoms with van der Waals surface area (Å²) >= 11 is 1.39. The molecule has 32 heavy (non-hydrogen) atoms. The van der Waals surface area contributed by atoms with Gasteiger partial charge in [0.1, 0.15) is 23.1 Å². The molecule has 1 amide bonds. The molecule has 0 atom stereocenters. The number of benzene rings is 3. The maximum atomic E-state index is 12.6. The quantitative estimate of drug-likeness (QED) is 0.378. The number of carbonyl (C=O) groups excluding carboxylic acids is 1. The van der Waals surface area contributed by atoms with Crippen LogP contribution in [0.5, 0.6) is 17.2 Å². The lowest BCUT2D eigenvalue weighted by Crippen LogP contribution is -2.12. The Balaban J connectivity index is 1.46. The zero-order valence-corrected chi connectivity index (χ0v) is 18.5. The first-order chi connectivity index (χ1) is 15.7. The van der Waals surface area contributed by atoms with Gasteiger partial charge in [0.25, 0.3) is 5.91 Å². The number of hydrogen-bond acceptors (Lipinski definition) is 6. The summed E-state index contributed by atoms with van der Waals surface area (Å²) in [7, 11) is 3.20. The van der Waals surface area contributed by atoms with Crippen LogP contribution in [0.4, 0.5) is 5.69 Å². The number of aromatic nitrogens is 1. The third kappa shape index (κ3) is 5.07.